The van der Waals surface area contributed by atoms with Gasteiger partial charge in [0.2, 0.25) is 5.75 Å². The molecule has 0 atom stereocenters. The predicted octanol–water partition coefficient (Wildman–Crippen LogP) is 3.20. The molecule has 29 heavy (non-hydrogen) atoms. The number of aromatic nitrogens is 2. The number of hydrogen-bond acceptors (Lipinski definition) is 5. The summed E-state index contributed by atoms with van der Waals surface area (Å²) >= 11 is 11.8. The SMILES string of the molecule is O=C(CCc1ccc(Cl)c(Cl)c1)c1nc2ccc(CP(=O)(O)O)cn2c(=O)c1O. The molecule has 0 saturated heterocycles. The van der Waals surface area contributed by atoms with Crippen molar-refractivity contribution in [2.24, 2.45) is 0 Å². The van der Waals surface area contributed by atoms with Gasteiger partial charge in [-0.2, -0.15) is 0 Å². The number of fused-ring (bicyclic) bond motifs is 1. The lowest BCUT2D eigenvalue weighted by molar-refractivity contribution is 0.0975. The van der Waals surface area contributed by atoms with Crippen molar-refractivity contribution in [2.45, 2.75) is 19.0 Å². The topological polar surface area (TPSA) is 129 Å². The molecule has 11 heteroatoms. The number of nitrogens with zero attached hydrogens (tertiary/aromatic N) is 2. The van der Waals surface area contributed by atoms with E-state index in [1.807, 2.05) is 0 Å². The number of Topliss-reactive ketones (excluding diaryl/α,β-unsaturated/α-hetero) is 1. The Hall–Kier alpha value is -2.22. The second kappa shape index (κ2) is 8.26. The fourth-order valence-corrected chi connectivity index (χ4v) is 3.75. The molecule has 2 heterocycles. The number of aromatic hydroxyl groups is 1. The molecule has 0 fully saturated rings. The highest BCUT2D eigenvalue weighted by Gasteiger charge is 2.20. The van der Waals surface area contributed by atoms with Gasteiger partial charge in [-0.15, -0.1) is 0 Å². The maximum atomic E-state index is 12.5. The summed E-state index contributed by atoms with van der Waals surface area (Å²) in [4.78, 5) is 47.1. The first-order chi connectivity index (χ1) is 13.5. The Labute approximate surface area is 174 Å². The summed E-state index contributed by atoms with van der Waals surface area (Å²) in [5.74, 6) is -1.36. The third-order valence-electron chi connectivity index (χ3n) is 4.14. The lowest BCUT2D eigenvalue weighted by Gasteiger charge is -2.09. The van der Waals surface area contributed by atoms with Gasteiger partial charge in [0.15, 0.2) is 11.5 Å². The van der Waals surface area contributed by atoms with E-state index in [4.69, 9.17) is 33.0 Å². The van der Waals surface area contributed by atoms with Crippen molar-refractivity contribution in [3.05, 3.63) is 73.7 Å². The van der Waals surface area contributed by atoms with Gasteiger partial charge in [0.05, 0.1) is 16.2 Å². The largest absolute Gasteiger partial charge is 0.501 e. The van der Waals surface area contributed by atoms with E-state index in [1.165, 1.54) is 18.3 Å². The predicted molar refractivity (Wildman–Crippen MR) is 108 cm³/mol. The molecule has 1 aromatic carbocycles. The van der Waals surface area contributed by atoms with Crippen molar-refractivity contribution in [1.82, 2.24) is 9.38 Å². The van der Waals surface area contributed by atoms with Crippen LogP contribution in [0.3, 0.4) is 0 Å². The molecule has 0 aliphatic carbocycles. The maximum absolute atomic E-state index is 12.5. The van der Waals surface area contributed by atoms with Gasteiger partial charge < -0.3 is 14.9 Å². The van der Waals surface area contributed by atoms with Crippen molar-refractivity contribution in [1.29, 1.82) is 0 Å². The van der Waals surface area contributed by atoms with Crippen molar-refractivity contribution < 1.29 is 24.3 Å². The standard InChI is InChI=1S/C18H15Cl2N2O6P/c19-12-4-1-10(7-13(12)20)2-5-14(23)16-17(24)18(25)22-8-11(9-29(26,27)28)3-6-15(22)21-16/h1,3-4,6-8,24H,2,5,9H2,(H2,26,27,28). The fourth-order valence-electron chi connectivity index (χ4n) is 2.77. The Morgan fingerprint density at radius 1 is 1.10 bits per heavy atom. The summed E-state index contributed by atoms with van der Waals surface area (Å²) in [6, 6.07) is 7.69. The maximum Gasteiger partial charge on any atom is 0.329 e. The number of pyridine rings is 1. The van der Waals surface area contributed by atoms with Gasteiger partial charge in [-0.05, 0) is 35.7 Å². The highest BCUT2D eigenvalue weighted by molar-refractivity contribution is 7.50. The van der Waals surface area contributed by atoms with Crippen LogP contribution in [0.15, 0.2) is 41.3 Å². The lowest BCUT2D eigenvalue weighted by Crippen LogP contribution is -2.19. The van der Waals surface area contributed by atoms with Crippen LogP contribution >= 0.6 is 30.8 Å². The molecule has 2 aromatic heterocycles. The van der Waals surface area contributed by atoms with Crippen LogP contribution in [0.4, 0.5) is 0 Å². The minimum atomic E-state index is -4.33. The normalized spacial score (nSPS) is 11.7. The van der Waals surface area contributed by atoms with Crippen LogP contribution in [0.1, 0.15) is 28.0 Å². The molecule has 0 radical (unpaired) electrons. The van der Waals surface area contributed by atoms with E-state index in [0.717, 1.165) is 9.96 Å². The van der Waals surface area contributed by atoms with Crippen LogP contribution in [0.5, 0.6) is 5.75 Å². The first kappa shape index (κ1) is 21.5. The van der Waals surface area contributed by atoms with Crippen LogP contribution in [0.2, 0.25) is 10.0 Å². The number of rotatable bonds is 6. The Kier molecular flexibility index (Phi) is 6.12. The second-order valence-corrected chi connectivity index (χ2v) is 8.83. The molecular weight excluding hydrogens is 442 g/mol. The zero-order valence-corrected chi connectivity index (χ0v) is 17.2. The molecule has 3 rings (SSSR count). The van der Waals surface area contributed by atoms with Crippen molar-refractivity contribution in [3.63, 3.8) is 0 Å². The zero-order chi connectivity index (χ0) is 21.3. The Morgan fingerprint density at radius 2 is 1.79 bits per heavy atom. The Balaban J connectivity index is 1.89. The molecule has 0 bridgehead atoms. The quantitative estimate of drug-likeness (QED) is 0.383. The molecule has 0 aliphatic rings. The number of carbonyl (C=O) groups is 1. The number of benzene rings is 1. The van der Waals surface area contributed by atoms with Crippen LogP contribution in [-0.4, -0.2) is 30.1 Å². The van der Waals surface area contributed by atoms with E-state index in [-0.39, 0.29) is 23.3 Å². The second-order valence-electron chi connectivity index (χ2n) is 6.37. The molecule has 0 amide bonds. The van der Waals surface area contributed by atoms with Crippen LogP contribution < -0.4 is 5.56 Å². The highest BCUT2D eigenvalue weighted by atomic mass is 35.5. The van der Waals surface area contributed by atoms with E-state index >= 15 is 0 Å². The molecule has 152 valence electrons. The van der Waals surface area contributed by atoms with Gasteiger partial charge in [0.25, 0.3) is 0 Å². The minimum absolute atomic E-state index is 0.0234. The number of hydrogen-bond donors (Lipinski definition) is 3. The monoisotopic (exact) mass is 456 g/mol. The number of ketones is 1. The van der Waals surface area contributed by atoms with Crippen LogP contribution in [-0.2, 0) is 17.1 Å². The van der Waals surface area contributed by atoms with E-state index < -0.39 is 30.8 Å². The van der Waals surface area contributed by atoms with E-state index in [0.29, 0.717) is 16.5 Å². The summed E-state index contributed by atoms with van der Waals surface area (Å²) in [7, 11) is -4.33. The summed E-state index contributed by atoms with van der Waals surface area (Å²) in [6.45, 7) is 0. The lowest BCUT2D eigenvalue weighted by atomic mass is 10.1. The van der Waals surface area contributed by atoms with Gasteiger partial charge in [0.1, 0.15) is 5.65 Å². The average Bonchev–Trinajstić information content (AvgIpc) is 2.64. The van der Waals surface area contributed by atoms with Gasteiger partial charge in [-0.1, -0.05) is 35.3 Å². The number of halogens is 2. The molecule has 0 spiro atoms. The summed E-state index contributed by atoms with van der Waals surface area (Å²) in [6.07, 6.45) is 0.885. The fraction of sp³-hybridized carbons (Fsp3) is 0.167. The number of aryl methyl sites for hydroxylation is 1. The molecule has 3 aromatic rings. The van der Waals surface area contributed by atoms with E-state index in [1.54, 1.807) is 18.2 Å². The molecular formula is C18H15Cl2N2O6P. The van der Waals surface area contributed by atoms with Gasteiger partial charge >= 0.3 is 13.2 Å². The molecule has 0 unspecified atom stereocenters. The summed E-state index contributed by atoms with van der Waals surface area (Å²) < 4.78 is 12.1. The van der Waals surface area contributed by atoms with Crippen molar-refractivity contribution >= 4 is 42.2 Å². The van der Waals surface area contributed by atoms with Crippen molar-refractivity contribution in [3.8, 4) is 5.75 Å². The summed E-state index contributed by atoms with van der Waals surface area (Å²) in [5.41, 5.74) is -0.252. The van der Waals surface area contributed by atoms with Gasteiger partial charge in [0, 0.05) is 12.6 Å². The Morgan fingerprint density at radius 3 is 2.45 bits per heavy atom. The van der Waals surface area contributed by atoms with Crippen molar-refractivity contribution in [2.75, 3.05) is 0 Å². The smallest absolute Gasteiger partial charge is 0.329 e. The molecule has 0 aliphatic heterocycles. The molecule has 3 N–H and O–H groups in total. The zero-order valence-electron chi connectivity index (χ0n) is 14.7. The molecule has 0 saturated carbocycles. The Bertz CT molecular complexity index is 1220. The summed E-state index contributed by atoms with van der Waals surface area (Å²) in [5, 5.41) is 10.9. The van der Waals surface area contributed by atoms with Gasteiger partial charge in [-0.25, -0.2) is 4.98 Å². The van der Waals surface area contributed by atoms with E-state index in [9.17, 15) is 19.3 Å². The first-order valence-electron chi connectivity index (χ1n) is 8.31. The minimum Gasteiger partial charge on any atom is -0.501 e. The third kappa shape index (κ3) is 5.04. The molecule has 8 nitrogen and oxygen atoms in total. The van der Waals surface area contributed by atoms with Crippen LogP contribution in [0.25, 0.3) is 5.65 Å². The average molecular weight is 457 g/mol. The van der Waals surface area contributed by atoms with Gasteiger partial charge in [-0.3, -0.25) is 18.6 Å². The van der Waals surface area contributed by atoms with Crippen LogP contribution in [0, 0.1) is 0 Å². The van der Waals surface area contributed by atoms with E-state index in [2.05, 4.69) is 4.98 Å². The third-order valence-corrected chi connectivity index (χ3v) is 5.65. The number of carbonyl (C=O) groups excluding carboxylic acids is 1. The first-order valence-corrected chi connectivity index (χ1v) is 10.9. The highest BCUT2D eigenvalue weighted by Crippen LogP contribution is 2.38.